The van der Waals surface area contributed by atoms with Crippen LogP contribution in [-0.2, 0) is 15.9 Å². The smallest absolute Gasteiger partial charge is 0.258 e. The van der Waals surface area contributed by atoms with Crippen LogP contribution in [0.2, 0.25) is 5.02 Å². The summed E-state index contributed by atoms with van der Waals surface area (Å²) in [5.41, 5.74) is 1.56. The van der Waals surface area contributed by atoms with Crippen molar-refractivity contribution in [3.05, 3.63) is 70.7 Å². The van der Waals surface area contributed by atoms with E-state index in [0.29, 0.717) is 42.0 Å². The zero-order valence-corrected chi connectivity index (χ0v) is 18.3. The fourth-order valence-electron chi connectivity index (χ4n) is 2.78. The molecule has 2 aromatic carbocycles. The topological polar surface area (TPSA) is 50.8 Å². The SMILES string of the molecule is CCOC(CN(CCc1ccccc1)C(=S)NC(=O)c1ccccc1Cl)OCC. The molecule has 1 amide bonds. The van der Waals surface area contributed by atoms with Gasteiger partial charge in [-0.1, -0.05) is 54.1 Å². The van der Waals surface area contributed by atoms with Gasteiger partial charge in [0.1, 0.15) is 0 Å². The number of halogens is 1. The lowest BCUT2D eigenvalue weighted by Gasteiger charge is -2.29. The Morgan fingerprint density at radius 1 is 1.07 bits per heavy atom. The molecule has 0 saturated carbocycles. The van der Waals surface area contributed by atoms with Crippen molar-refractivity contribution in [2.75, 3.05) is 26.3 Å². The molecule has 0 spiro atoms. The van der Waals surface area contributed by atoms with E-state index >= 15 is 0 Å². The number of thiocarbonyl (C=S) groups is 1. The summed E-state index contributed by atoms with van der Waals surface area (Å²) in [6.07, 6.45) is 0.337. The van der Waals surface area contributed by atoms with Gasteiger partial charge in [0.15, 0.2) is 11.4 Å². The number of carbonyl (C=O) groups is 1. The Hall–Kier alpha value is -1.99. The van der Waals surface area contributed by atoms with E-state index in [1.807, 2.05) is 36.9 Å². The van der Waals surface area contributed by atoms with Crippen LogP contribution in [-0.4, -0.2) is 48.5 Å². The average Bonchev–Trinajstić information content (AvgIpc) is 2.72. The molecule has 0 heterocycles. The van der Waals surface area contributed by atoms with Crippen LogP contribution in [0.25, 0.3) is 0 Å². The molecule has 0 radical (unpaired) electrons. The number of hydrogen-bond donors (Lipinski definition) is 1. The summed E-state index contributed by atoms with van der Waals surface area (Å²) in [7, 11) is 0. The van der Waals surface area contributed by atoms with Crippen molar-refractivity contribution in [3.8, 4) is 0 Å². The Labute approximate surface area is 182 Å². The second kappa shape index (κ2) is 12.5. The van der Waals surface area contributed by atoms with Gasteiger partial charge in [-0.05, 0) is 50.2 Å². The molecule has 29 heavy (non-hydrogen) atoms. The van der Waals surface area contributed by atoms with Gasteiger partial charge in [0.2, 0.25) is 0 Å². The summed E-state index contributed by atoms with van der Waals surface area (Å²) in [5.74, 6) is -0.338. The van der Waals surface area contributed by atoms with Crippen molar-refractivity contribution in [1.29, 1.82) is 0 Å². The van der Waals surface area contributed by atoms with Crippen molar-refractivity contribution in [3.63, 3.8) is 0 Å². The Morgan fingerprint density at radius 3 is 2.31 bits per heavy atom. The zero-order valence-electron chi connectivity index (χ0n) is 16.8. The molecule has 156 valence electrons. The highest BCUT2D eigenvalue weighted by atomic mass is 35.5. The Morgan fingerprint density at radius 2 is 1.69 bits per heavy atom. The van der Waals surface area contributed by atoms with Crippen LogP contribution in [0.15, 0.2) is 54.6 Å². The van der Waals surface area contributed by atoms with Crippen LogP contribution in [0.4, 0.5) is 0 Å². The first-order chi connectivity index (χ1) is 14.0. The van der Waals surface area contributed by atoms with Gasteiger partial charge in [0, 0.05) is 19.8 Å². The minimum atomic E-state index is -0.434. The number of rotatable bonds is 10. The van der Waals surface area contributed by atoms with E-state index in [1.165, 1.54) is 5.56 Å². The lowest BCUT2D eigenvalue weighted by molar-refractivity contribution is -0.141. The summed E-state index contributed by atoms with van der Waals surface area (Å²) < 4.78 is 11.3. The molecule has 0 aliphatic rings. The number of amides is 1. The third kappa shape index (κ3) is 7.74. The van der Waals surface area contributed by atoms with Gasteiger partial charge in [0.25, 0.3) is 5.91 Å². The van der Waals surface area contributed by atoms with E-state index in [9.17, 15) is 4.79 Å². The van der Waals surface area contributed by atoms with E-state index < -0.39 is 6.29 Å². The maximum atomic E-state index is 12.6. The maximum absolute atomic E-state index is 12.6. The summed E-state index contributed by atoms with van der Waals surface area (Å²) in [6, 6.07) is 17.0. The normalized spacial score (nSPS) is 10.8. The molecule has 2 aromatic rings. The quantitative estimate of drug-likeness (QED) is 0.446. The number of carbonyl (C=O) groups excluding carboxylic acids is 1. The number of nitrogens with zero attached hydrogens (tertiary/aromatic N) is 1. The Bertz CT molecular complexity index is 783. The van der Waals surface area contributed by atoms with Crippen molar-refractivity contribution >= 4 is 34.8 Å². The second-order valence-electron chi connectivity index (χ2n) is 6.26. The summed E-state index contributed by atoms with van der Waals surface area (Å²) >= 11 is 11.7. The van der Waals surface area contributed by atoms with Crippen LogP contribution in [0.5, 0.6) is 0 Å². The fraction of sp³-hybridized carbons (Fsp3) is 0.364. The van der Waals surface area contributed by atoms with Gasteiger partial charge >= 0.3 is 0 Å². The molecule has 7 heteroatoms. The Balaban J connectivity index is 2.10. The minimum Gasteiger partial charge on any atom is -0.351 e. The average molecular weight is 435 g/mol. The largest absolute Gasteiger partial charge is 0.351 e. The first-order valence-electron chi connectivity index (χ1n) is 9.67. The van der Waals surface area contributed by atoms with E-state index in [0.717, 1.165) is 6.42 Å². The first-order valence-corrected chi connectivity index (χ1v) is 10.5. The fourth-order valence-corrected chi connectivity index (χ4v) is 3.26. The monoisotopic (exact) mass is 434 g/mol. The molecule has 2 rings (SSSR count). The molecular formula is C22H27ClN2O3S. The van der Waals surface area contributed by atoms with Crippen LogP contribution in [0.3, 0.4) is 0 Å². The van der Waals surface area contributed by atoms with Gasteiger partial charge in [0.05, 0.1) is 17.1 Å². The van der Waals surface area contributed by atoms with Gasteiger partial charge in [-0.2, -0.15) is 0 Å². The summed E-state index contributed by atoms with van der Waals surface area (Å²) in [4.78, 5) is 14.5. The van der Waals surface area contributed by atoms with E-state index in [2.05, 4.69) is 17.4 Å². The summed E-state index contributed by atoms with van der Waals surface area (Å²) in [6.45, 7) is 5.90. The lowest BCUT2D eigenvalue weighted by Crippen LogP contribution is -2.47. The first kappa shape index (κ1) is 23.3. The van der Waals surface area contributed by atoms with Gasteiger partial charge in [-0.25, -0.2) is 0 Å². The highest BCUT2D eigenvalue weighted by Gasteiger charge is 2.20. The molecule has 0 aromatic heterocycles. The zero-order chi connectivity index (χ0) is 21.1. The van der Waals surface area contributed by atoms with Crippen LogP contribution < -0.4 is 5.32 Å². The third-order valence-corrected chi connectivity index (χ3v) is 4.90. The third-order valence-electron chi connectivity index (χ3n) is 4.21. The van der Waals surface area contributed by atoms with Gasteiger partial charge in [-0.15, -0.1) is 0 Å². The number of benzene rings is 2. The predicted molar refractivity (Wildman–Crippen MR) is 120 cm³/mol. The molecule has 0 unspecified atom stereocenters. The van der Waals surface area contributed by atoms with Crippen molar-refractivity contribution in [2.24, 2.45) is 0 Å². The molecule has 1 N–H and O–H groups in total. The maximum Gasteiger partial charge on any atom is 0.258 e. The van der Waals surface area contributed by atoms with E-state index in [4.69, 9.17) is 33.3 Å². The predicted octanol–water partition coefficient (Wildman–Crippen LogP) is 4.30. The molecule has 0 aliphatic carbocycles. The van der Waals surface area contributed by atoms with Crippen LogP contribution in [0.1, 0.15) is 29.8 Å². The van der Waals surface area contributed by atoms with E-state index in [1.54, 1.807) is 24.3 Å². The summed E-state index contributed by atoms with van der Waals surface area (Å²) in [5, 5.41) is 3.48. The molecular weight excluding hydrogens is 408 g/mol. The number of ether oxygens (including phenoxy) is 2. The molecule has 0 bridgehead atoms. The highest BCUT2D eigenvalue weighted by molar-refractivity contribution is 7.80. The molecule has 0 saturated heterocycles. The van der Waals surface area contributed by atoms with Crippen molar-refractivity contribution in [2.45, 2.75) is 26.6 Å². The lowest BCUT2D eigenvalue weighted by atomic mass is 10.1. The number of nitrogens with one attached hydrogen (secondary N) is 1. The van der Waals surface area contributed by atoms with Crippen LogP contribution >= 0.6 is 23.8 Å². The van der Waals surface area contributed by atoms with Crippen molar-refractivity contribution in [1.82, 2.24) is 10.2 Å². The van der Waals surface area contributed by atoms with E-state index in [-0.39, 0.29) is 5.91 Å². The minimum absolute atomic E-state index is 0.315. The van der Waals surface area contributed by atoms with Crippen molar-refractivity contribution < 1.29 is 14.3 Å². The molecule has 0 atom stereocenters. The van der Waals surface area contributed by atoms with Crippen LogP contribution in [0, 0.1) is 0 Å². The van der Waals surface area contributed by atoms with Gasteiger partial charge in [-0.3, -0.25) is 10.1 Å². The molecule has 0 fully saturated rings. The Kier molecular flexibility index (Phi) is 10.1. The van der Waals surface area contributed by atoms with Gasteiger partial charge < -0.3 is 14.4 Å². The highest BCUT2D eigenvalue weighted by Crippen LogP contribution is 2.15. The second-order valence-corrected chi connectivity index (χ2v) is 7.05. The standard InChI is InChI=1S/C22H27ClN2O3S/c1-3-27-20(28-4-2)16-25(15-14-17-10-6-5-7-11-17)22(29)24-21(26)18-12-8-9-13-19(18)23/h5-13,20H,3-4,14-16H2,1-2H3,(H,24,26,29). The molecule has 0 aliphatic heterocycles. The number of hydrogen-bond acceptors (Lipinski definition) is 4. The molecule has 5 nitrogen and oxygen atoms in total.